The number of carbonyl (C=O) groups is 1. The van der Waals surface area contributed by atoms with Crippen LogP contribution < -0.4 is 10.1 Å². The van der Waals surface area contributed by atoms with Crippen molar-refractivity contribution >= 4 is 5.91 Å². The average Bonchev–Trinajstić information content (AvgIpc) is 3.16. The van der Waals surface area contributed by atoms with E-state index in [9.17, 15) is 9.90 Å². The van der Waals surface area contributed by atoms with Gasteiger partial charge in [0.25, 0.3) is 0 Å². The van der Waals surface area contributed by atoms with Crippen LogP contribution in [0, 0.1) is 5.92 Å². The van der Waals surface area contributed by atoms with Crippen molar-refractivity contribution < 1.29 is 19.4 Å². The number of benzene rings is 1. The smallest absolute Gasteiger partial charge is 0.223 e. The Morgan fingerprint density at radius 3 is 2.50 bits per heavy atom. The highest BCUT2D eigenvalue weighted by atomic mass is 16.5. The van der Waals surface area contributed by atoms with Crippen LogP contribution in [-0.2, 0) is 14.9 Å². The van der Waals surface area contributed by atoms with E-state index in [-0.39, 0.29) is 23.3 Å². The second-order valence-electron chi connectivity index (χ2n) is 7.79. The number of methoxy groups -OCH3 is 2. The SMILES string of the molecule is COc1ccc(C2(CNC(=O)[C@@H]3CC[C@H](O)[C@H](OC)C3)CCCC2)cc1. The van der Waals surface area contributed by atoms with Gasteiger partial charge in [0.2, 0.25) is 5.91 Å². The first-order valence-electron chi connectivity index (χ1n) is 9.71. The van der Waals surface area contributed by atoms with Crippen molar-refractivity contribution in [2.24, 2.45) is 5.92 Å². The van der Waals surface area contributed by atoms with Gasteiger partial charge >= 0.3 is 0 Å². The fourth-order valence-electron chi connectivity index (χ4n) is 4.57. The van der Waals surface area contributed by atoms with Crippen LogP contribution >= 0.6 is 0 Å². The first-order valence-corrected chi connectivity index (χ1v) is 9.71. The minimum atomic E-state index is -0.454. The molecule has 3 rings (SSSR count). The number of rotatable bonds is 6. The number of hydrogen-bond acceptors (Lipinski definition) is 4. The zero-order valence-corrected chi connectivity index (χ0v) is 15.9. The van der Waals surface area contributed by atoms with Gasteiger partial charge in [0, 0.05) is 25.0 Å². The van der Waals surface area contributed by atoms with Gasteiger partial charge < -0.3 is 19.9 Å². The van der Waals surface area contributed by atoms with Gasteiger partial charge in [-0.3, -0.25) is 4.79 Å². The minimum Gasteiger partial charge on any atom is -0.497 e. The molecule has 2 saturated carbocycles. The Bertz CT molecular complexity index is 595. The van der Waals surface area contributed by atoms with E-state index >= 15 is 0 Å². The number of aliphatic hydroxyl groups is 1. The van der Waals surface area contributed by atoms with Gasteiger partial charge in [0.1, 0.15) is 5.75 Å². The molecule has 0 aliphatic heterocycles. The highest BCUT2D eigenvalue weighted by molar-refractivity contribution is 5.79. The summed E-state index contributed by atoms with van der Waals surface area (Å²) in [6.45, 7) is 0.675. The molecule has 1 aromatic rings. The van der Waals surface area contributed by atoms with Crippen molar-refractivity contribution in [2.75, 3.05) is 20.8 Å². The molecule has 1 amide bonds. The molecule has 5 nitrogen and oxygen atoms in total. The summed E-state index contributed by atoms with van der Waals surface area (Å²) in [7, 11) is 3.28. The Kier molecular flexibility index (Phi) is 6.20. The molecule has 26 heavy (non-hydrogen) atoms. The van der Waals surface area contributed by atoms with Crippen LogP contribution in [0.4, 0.5) is 0 Å². The quantitative estimate of drug-likeness (QED) is 0.818. The third-order valence-corrected chi connectivity index (χ3v) is 6.29. The van der Waals surface area contributed by atoms with Gasteiger partial charge in [-0.05, 0) is 49.8 Å². The summed E-state index contributed by atoms with van der Waals surface area (Å²) < 4.78 is 10.6. The fourth-order valence-corrected chi connectivity index (χ4v) is 4.57. The standard InChI is InChI=1S/C21H31NO4/c1-25-17-8-6-16(7-9-17)21(11-3-4-12-21)14-22-20(24)15-5-10-18(23)19(13-15)26-2/h6-9,15,18-19,23H,3-5,10-14H2,1-2H3,(H,22,24)/t15-,18+,19-/m1/s1. The van der Waals surface area contributed by atoms with Crippen molar-refractivity contribution in [1.29, 1.82) is 0 Å². The van der Waals surface area contributed by atoms with E-state index in [4.69, 9.17) is 9.47 Å². The molecular weight excluding hydrogens is 330 g/mol. The van der Waals surface area contributed by atoms with Crippen LogP contribution in [0.5, 0.6) is 5.75 Å². The zero-order valence-electron chi connectivity index (χ0n) is 15.9. The van der Waals surface area contributed by atoms with Crippen LogP contribution in [0.1, 0.15) is 50.5 Å². The van der Waals surface area contributed by atoms with Gasteiger partial charge in [-0.15, -0.1) is 0 Å². The van der Waals surface area contributed by atoms with Crippen LogP contribution in [0.25, 0.3) is 0 Å². The highest BCUT2D eigenvalue weighted by Gasteiger charge is 2.38. The number of nitrogens with one attached hydrogen (secondary N) is 1. The normalized spacial score (nSPS) is 27.9. The molecule has 2 aliphatic carbocycles. The van der Waals surface area contributed by atoms with Gasteiger partial charge in [-0.25, -0.2) is 0 Å². The van der Waals surface area contributed by atoms with Gasteiger partial charge in [0.15, 0.2) is 0 Å². The molecule has 0 aromatic heterocycles. The molecule has 2 aliphatic rings. The molecule has 1 aromatic carbocycles. The summed E-state index contributed by atoms with van der Waals surface area (Å²) in [5, 5.41) is 13.2. The Hall–Kier alpha value is -1.59. The maximum Gasteiger partial charge on any atom is 0.223 e. The number of amides is 1. The van der Waals surface area contributed by atoms with Crippen molar-refractivity contribution in [3.63, 3.8) is 0 Å². The maximum atomic E-state index is 12.7. The van der Waals surface area contributed by atoms with E-state index < -0.39 is 6.10 Å². The molecule has 0 bridgehead atoms. The molecule has 0 radical (unpaired) electrons. The Labute approximate surface area is 156 Å². The maximum absolute atomic E-state index is 12.7. The molecule has 2 N–H and O–H groups in total. The third-order valence-electron chi connectivity index (χ3n) is 6.29. The lowest BCUT2D eigenvalue weighted by Crippen LogP contribution is -2.45. The minimum absolute atomic E-state index is 0.0246. The second kappa shape index (κ2) is 8.40. The Morgan fingerprint density at radius 1 is 1.19 bits per heavy atom. The molecule has 0 spiro atoms. The summed E-state index contributed by atoms with van der Waals surface area (Å²) >= 11 is 0. The topological polar surface area (TPSA) is 67.8 Å². The van der Waals surface area contributed by atoms with Crippen molar-refractivity contribution in [1.82, 2.24) is 5.32 Å². The summed E-state index contributed by atoms with van der Waals surface area (Å²) in [6.07, 6.45) is 5.85. The van der Waals surface area contributed by atoms with Gasteiger partial charge in [0.05, 0.1) is 19.3 Å². The van der Waals surface area contributed by atoms with E-state index in [1.165, 1.54) is 18.4 Å². The van der Waals surface area contributed by atoms with Crippen LogP contribution in [0.15, 0.2) is 24.3 Å². The Balaban J connectivity index is 1.64. The monoisotopic (exact) mass is 361 g/mol. The fraction of sp³-hybridized carbons (Fsp3) is 0.667. The lowest BCUT2D eigenvalue weighted by atomic mass is 9.78. The van der Waals surface area contributed by atoms with E-state index in [0.717, 1.165) is 25.0 Å². The number of aliphatic hydroxyl groups excluding tert-OH is 1. The predicted octanol–water partition coefficient (Wildman–Crippen LogP) is 2.80. The number of hydrogen-bond donors (Lipinski definition) is 2. The zero-order chi connectivity index (χ0) is 18.6. The largest absolute Gasteiger partial charge is 0.497 e. The van der Waals surface area contributed by atoms with Crippen LogP contribution in [0.2, 0.25) is 0 Å². The van der Waals surface area contributed by atoms with Crippen molar-refractivity contribution in [3.8, 4) is 5.75 Å². The summed E-state index contributed by atoms with van der Waals surface area (Å²) in [4.78, 5) is 12.7. The first kappa shape index (κ1) is 19.2. The van der Waals surface area contributed by atoms with Crippen molar-refractivity contribution in [2.45, 2.75) is 62.6 Å². The molecule has 0 heterocycles. The van der Waals surface area contributed by atoms with Crippen molar-refractivity contribution in [3.05, 3.63) is 29.8 Å². The predicted molar refractivity (Wildman–Crippen MR) is 100 cm³/mol. The second-order valence-corrected chi connectivity index (χ2v) is 7.79. The summed E-state index contributed by atoms with van der Waals surface area (Å²) in [6, 6.07) is 8.27. The van der Waals surface area contributed by atoms with Crippen LogP contribution in [0.3, 0.4) is 0 Å². The molecular formula is C21H31NO4. The average molecular weight is 361 g/mol. The third kappa shape index (κ3) is 4.04. The lowest BCUT2D eigenvalue weighted by molar-refractivity contribution is -0.130. The van der Waals surface area contributed by atoms with Gasteiger partial charge in [-0.2, -0.15) is 0 Å². The van der Waals surface area contributed by atoms with Gasteiger partial charge in [-0.1, -0.05) is 25.0 Å². The van der Waals surface area contributed by atoms with Crippen LogP contribution in [-0.4, -0.2) is 44.0 Å². The molecule has 5 heteroatoms. The molecule has 2 fully saturated rings. The van der Waals surface area contributed by atoms with E-state index in [1.807, 2.05) is 12.1 Å². The Morgan fingerprint density at radius 2 is 1.88 bits per heavy atom. The van der Waals surface area contributed by atoms with E-state index in [0.29, 0.717) is 19.4 Å². The number of carbonyl (C=O) groups excluding carboxylic acids is 1. The first-order chi connectivity index (χ1) is 12.6. The van der Waals surface area contributed by atoms with E-state index in [1.54, 1.807) is 14.2 Å². The lowest BCUT2D eigenvalue weighted by Gasteiger charge is -2.34. The van der Waals surface area contributed by atoms with E-state index in [2.05, 4.69) is 17.4 Å². The summed E-state index contributed by atoms with van der Waals surface area (Å²) in [5.41, 5.74) is 1.31. The molecule has 144 valence electrons. The molecule has 0 unspecified atom stereocenters. The summed E-state index contributed by atoms with van der Waals surface area (Å²) in [5.74, 6) is 0.883. The molecule has 3 atom stereocenters. The number of ether oxygens (including phenoxy) is 2. The highest BCUT2D eigenvalue weighted by Crippen LogP contribution is 2.41. The molecule has 0 saturated heterocycles.